The highest BCUT2D eigenvalue weighted by molar-refractivity contribution is 6.31. The summed E-state index contributed by atoms with van der Waals surface area (Å²) in [6, 6.07) is 13.9. The molecule has 4 aromatic rings. The van der Waals surface area contributed by atoms with E-state index in [9.17, 15) is 10.1 Å². The van der Waals surface area contributed by atoms with Crippen LogP contribution in [0.25, 0.3) is 11.1 Å². The molecule has 0 aliphatic carbocycles. The van der Waals surface area contributed by atoms with Gasteiger partial charge in [-0.3, -0.25) is 4.79 Å². The average molecular weight is 583 g/mol. The van der Waals surface area contributed by atoms with Crippen molar-refractivity contribution in [3.63, 3.8) is 0 Å². The van der Waals surface area contributed by atoms with Crippen LogP contribution in [0.5, 0.6) is 0 Å². The lowest BCUT2D eigenvalue weighted by molar-refractivity contribution is -0.118. The van der Waals surface area contributed by atoms with Gasteiger partial charge in [-0.15, -0.1) is 0 Å². The minimum atomic E-state index is -1.70. The molecule has 4 unspecified atom stereocenters. The monoisotopic (exact) mass is 582 g/mol. The van der Waals surface area contributed by atoms with Gasteiger partial charge < -0.3 is 15.1 Å². The molecule has 1 amide bonds. The number of benzene rings is 3. The van der Waals surface area contributed by atoms with Gasteiger partial charge in [0.25, 0.3) is 0 Å². The second-order valence-electron chi connectivity index (χ2n) is 11.2. The lowest BCUT2D eigenvalue weighted by atomic mass is 9.62. The number of nitrogens with one attached hydrogen (secondary N) is 2. The molecule has 0 radical (unpaired) electrons. The van der Waals surface area contributed by atoms with Crippen LogP contribution in [0.4, 0.5) is 14.5 Å². The number of rotatable bonds is 5. The predicted octanol–water partition coefficient (Wildman–Crippen LogP) is 7.37. The van der Waals surface area contributed by atoms with Crippen LogP contribution in [0, 0.1) is 28.4 Å². The van der Waals surface area contributed by atoms with Crippen molar-refractivity contribution in [3.05, 3.63) is 93.8 Å². The van der Waals surface area contributed by atoms with E-state index in [0.717, 1.165) is 6.07 Å². The number of hydrogen-bond donors (Lipinski definition) is 2. The van der Waals surface area contributed by atoms with Gasteiger partial charge in [-0.1, -0.05) is 62.2 Å². The van der Waals surface area contributed by atoms with Gasteiger partial charge in [0.1, 0.15) is 22.6 Å². The van der Waals surface area contributed by atoms with E-state index in [1.54, 1.807) is 24.3 Å². The minimum Gasteiger partial charge on any atom is -0.443 e. The van der Waals surface area contributed by atoms with E-state index in [2.05, 4.69) is 21.7 Å². The Morgan fingerprint density at radius 3 is 2.65 bits per heavy atom. The number of hydrogen-bond acceptors (Lipinski definition) is 5. The molecule has 5 rings (SSSR count). The van der Waals surface area contributed by atoms with E-state index in [1.807, 2.05) is 20.8 Å². The van der Waals surface area contributed by atoms with Crippen molar-refractivity contribution >= 4 is 45.9 Å². The summed E-state index contributed by atoms with van der Waals surface area (Å²) >= 11 is 12.3. The number of oxazole rings is 1. The van der Waals surface area contributed by atoms with E-state index in [1.165, 1.54) is 30.7 Å². The molecule has 0 bridgehead atoms. The van der Waals surface area contributed by atoms with Crippen LogP contribution in [0.1, 0.15) is 44.2 Å². The van der Waals surface area contributed by atoms with Crippen molar-refractivity contribution in [1.82, 2.24) is 10.3 Å². The molecule has 40 heavy (non-hydrogen) atoms. The fourth-order valence-electron chi connectivity index (χ4n) is 5.71. The summed E-state index contributed by atoms with van der Waals surface area (Å²) in [6.45, 7) is 5.93. The van der Waals surface area contributed by atoms with Crippen LogP contribution in [0.3, 0.4) is 0 Å². The number of nitrogens with zero attached hydrogens (tertiary/aromatic N) is 2. The van der Waals surface area contributed by atoms with Gasteiger partial charge in [-0.05, 0) is 53.8 Å². The summed E-state index contributed by atoms with van der Waals surface area (Å²) in [6.07, 6.45) is 1.67. The lowest BCUT2D eigenvalue weighted by Gasteiger charge is -2.37. The molecule has 0 saturated carbocycles. The van der Waals surface area contributed by atoms with Gasteiger partial charge in [-0.2, -0.15) is 5.26 Å². The van der Waals surface area contributed by atoms with E-state index in [4.69, 9.17) is 27.6 Å². The molecule has 1 fully saturated rings. The first-order valence-electron chi connectivity index (χ1n) is 12.7. The van der Waals surface area contributed by atoms with Crippen molar-refractivity contribution in [3.8, 4) is 6.07 Å². The molecule has 2 heterocycles. The third kappa shape index (κ3) is 4.94. The van der Waals surface area contributed by atoms with Crippen LogP contribution in [0.2, 0.25) is 10.0 Å². The summed E-state index contributed by atoms with van der Waals surface area (Å²) < 4.78 is 36.7. The highest BCUT2D eigenvalue weighted by Gasteiger charge is 2.61. The maximum atomic E-state index is 15.7. The molecular weight excluding hydrogens is 557 g/mol. The Bertz CT molecular complexity index is 1640. The number of amides is 1. The molecule has 6 nitrogen and oxygen atoms in total. The third-order valence-electron chi connectivity index (χ3n) is 7.33. The van der Waals surface area contributed by atoms with Gasteiger partial charge in [0, 0.05) is 28.2 Å². The number of aromatic nitrogens is 1. The lowest BCUT2D eigenvalue weighted by Crippen LogP contribution is -2.45. The van der Waals surface area contributed by atoms with E-state index in [0.29, 0.717) is 23.2 Å². The topological polar surface area (TPSA) is 90.9 Å². The molecule has 206 valence electrons. The number of halogens is 4. The molecule has 1 saturated heterocycles. The van der Waals surface area contributed by atoms with Gasteiger partial charge >= 0.3 is 0 Å². The number of anilines is 1. The Kier molecular flexibility index (Phi) is 7.34. The molecule has 1 aliphatic heterocycles. The number of fused-ring (bicyclic) bond motifs is 1. The zero-order valence-corrected chi connectivity index (χ0v) is 23.4. The SMILES string of the molecule is CC(C)(C)CC1NC(C(=O)Nc2ccc3ocnc3c2)C(c2cccc(Cl)c2F)C1(C#N)c1ccc(Cl)cc1F. The molecule has 1 aromatic heterocycles. The molecule has 3 aromatic carbocycles. The molecular formula is C30H26Cl2F2N4O2. The normalized spacial score (nSPS) is 22.8. The molecule has 10 heteroatoms. The van der Waals surface area contributed by atoms with Gasteiger partial charge in [-0.25, -0.2) is 13.8 Å². The summed E-state index contributed by atoms with van der Waals surface area (Å²) in [5, 5.41) is 17.0. The number of carbonyl (C=O) groups excluding carboxylic acids is 1. The Balaban J connectivity index is 1.70. The summed E-state index contributed by atoms with van der Waals surface area (Å²) in [5.74, 6) is -3.18. The maximum Gasteiger partial charge on any atom is 0.242 e. The average Bonchev–Trinajstić information content (AvgIpc) is 3.47. The Labute approximate surface area is 240 Å². The molecule has 2 N–H and O–H groups in total. The zero-order valence-electron chi connectivity index (χ0n) is 21.9. The standard InChI is InChI=1S/C30H26Cl2F2N4O2/c1-29(2,3)13-24-30(14-35,19-9-7-16(31)11-21(19)33)25(18-5-4-6-20(32)26(18)34)27(38-24)28(39)37-17-8-10-23-22(12-17)36-15-40-23/h4-12,15,24-25,27,38H,13H2,1-3H3,(H,37,39). The van der Waals surface area contributed by atoms with Gasteiger partial charge in [0.15, 0.2) is 12.0 Å². The Hall–Kier alpha value is -3.51. The quantitative estimate of drug-likeness (QED) is 0.256. The fourth-order valence-corrected chi connectivity index (χ4v) is 6.05. The van der Waals surface area contributed by atoms with Crippen LogP contribution in [-0.2, 0) is 10.2 Å². The first-order chi connectivity index (χ1) is 18.9. The summed E-state index contributed by atoms with van der Waals surface area (Å²) in [7, 11) is 0. The van der Waals surface area contributed by atoms with Crippen molar-refractivity contribution in [2.45, 2.75) is 50.6 Å². The number of nitriles is 1. The first kappa shape index (κ1) is 28.0. The predicted molar refractivity (Wildman–Crippen MR) is 150 cm³/mol. The van der Waals surface area contributed by atoms with E-state index in [-0.39, 0.29) is 26.6 Å². The van der Waals surface area contributed by atoms with Gasteiger partial charge in [0.05, 0.1) is 17.1 Å². The minimum absolute atomic E-state index is 0.0184. The highest BCUT2D eigenvalue weighted by atomic mass is 35.5. The second-order valence-corrected chi connectivity index (χ2v) is 12.1. The van der Waals surface area contributed by atoms with Crippen LogP contribution >= 0.6 is 23.2 Å². The maximum absolute atomic E-state index is 15.7. The second kappa shape index (κ2) is 10.5. The van der Waals surface area contributed by atoms with Crippen molar-refractivity contribution < 1.29 is 18.0 Å². The van der Waals surface area contributed by atoms with Crippen LogP contribution in [0.15, 0.2) is 65.4 Å². The van der Waals surface area contributed by atoms with Crippen molar-refractivity contribution in [1.29, 1.82) is 5.26 Å². The van der Waals surface area contributed by atoms with Crippen LogP contribution in [-0.4, -0.2) is 23.0 Å². The van der Waals surface area contributed by atoms with E-state index >= 15 is 8.78 Å². The summed E-state index contributed by atoms with van der Waals surface area (Å²) in [4.78, 5) is 18.1. The molecule has 0 spiro atoms. The summed E-state index contributed by atoms with van der Waals surface area (Å²) in [5.41, 5.74) is -0.491. The third-order valence-corrected chi connectivity index (χ3v) is 7.86. The van der Waals surface area contributed by atoms with E-state index < -0.39 is 41.0 Å². The highest BCUT2D eigenvalue weighted by Crippen LogP contribution is 2.52. The first-order valence-corrected chi connectivity index (χ1v) is 13.4. The van der Waals surface area contributed by atoms with Crippen LogP contribution < -0.4 is 10.6 Å². The zero-order chi connectivity index (χ0) is 28.8. The molecule has 1 aliphatic rings. The fraction of sp³-hybridized carbons (Fsp3) is 0.300. The van der Waals surface area contributed by atoms with Crippen molar-refractivity contribution in [2.75, 3.05) is 5.32 Å². The number of carbonyl (C=O) groups is 1. The Morgan fingerprint density at radius 1 is 1.18 bits per heavy atom. The Morgan fingerprint density at radius 2 is 1.95 bits per heavy atom. The smallest absolute Gasteiger partial charge is 0.242 e. The largest absolute Gasteiger partial charge is 0.443 e. The van der Waals surface area contributed by atoms with Crippen molar-refractivity contribution in [2.24, 2.45) is 5.41 Å². The van der Waals surface area contributed by atoms with Gasteiger partial charge in [0.2, 0.25) is 5.91 Å². The molecule has 4 atom stereocenters.